The quantitative estimate of drug-likeness (QED) is 0.641. The summed E-state index contributed by atoms with van der Waals surface area (Å²) in [5.41, 5.74) is -2.24. The Balaban J connectivity index is 4.07. The molecule has 0 aliphatic rings. The van der Waals surface area contributed by atoms with Crippen LogP contribution >= 0.6 is 17.1 Å². The van der Waals surface area contributed by atoms with Crippen LogP contribution in [0.1, 0.15) is 20.8 Å². The Morgan fingerprint density at radius 3 is 2.15 bits per heavy atom. The van der Waals surface area contributed by atoms with Crippen LogP contribution in [-0.2, 0) is 25.6 Å². The predicted octanol–water partition coefficient (Wildman–Crippen LogP) is 2.61. The molecule has 0 aromatic carbocycles. The lowest BCUT2D eigenvalue weighted by atomic mass is 10.5. The van der Waals surface area contributed by atoms with E-state index in [-0.39, 0.29) is 5.78 Å². The molecule has 0 heterocycles. The molecule has 0 rings (SSSR count). The Morgan fingerprint density at radius 1 is 1.38 bits per heavy atom. The molecule has 0 radical (unpaired) electrons. The van der Waals surface area contributed by atoms with Gasteiger partial charge in [0.05, 0.1) is 19.0 Å². The largest absolute Gasteiger partial charge is 0.322 e. The summed E-state index contributed by atoms with van der Waals surface area (Å²) in [6, 6.07) is 0. The topological polar surface area (TPSA) is 35.5 Å². The Bertz CT molecular complexity index is 198. The summed E-state index contributed by atoms with van der Waals surface area (Å²) < 4.78 is 10.7. The van der Waals surface area contributed by atoms with Crippen molar-refractivity contribution < 1.29 is 13.8 Å². The highest BCUT2D eigenvalue weighted by molar-refractivity contribution is 8.68. The standard InChI is InChI=1S/C7H15O3PS2/c1-4-9-11(12,10-5-2)13-6-7(3)8/h4-6H2,1-3H3. The van der Waals surface area contributed by atoms with Gasteiger partial charge in [0, 0.05) is 0 Å². The van der Waals surface area contributed by atoms with Gasteiger partial charge >= 0.3 is 0 Å². The highest BCUT2D eigenvalue weighted by atomic mass is 32.9. The van der Waals surface area contributed by atoms with Crippen LogP contribution in [0.2, 0.25) is 0 Å². The Morgan fingerprint density at radius 2 is 1.85 bits per heavy atom. The lowest BCUT2D eigenvalue weighted by Crippen LogP contribution is -1.97. The van der Waals surface area contributed by atoms with Crippen LogP contribution in [-0.4, -0.2) is 24.7 Å². The predicted molar refractivity (Wildman–Crippen MR) is 60.7 cm³/mol. The third-order valence-electron chi connectivity index (χ3n) is 1.00. The fraction of sp³-hybridized carbons (Fsp3) is 0.857. The van der Waals surface area contributed by atoms with E-state index in [1.807, 2.05) is 13.8 Å². The van der Waals surface area contributed by atoms with Gasteiger partial charge in [-0.3, -0.25) is 4.79 Å². The zero-order chi connectivity index (χ0) is 10.3. The minimum absolute atomic E-state index is 0.0960. The number of carbonyl (C=O) groups is 1. The number of ketones is 1. The summed E-state index contributed by atoms with van der Waals surface area (Å²) in [5, 5.41) is 0. The highest BCUT2D eigenvalue weighted by Gasteiger charge is 2.19. The van der Waals surface area contributed by atoms with Gasteiger partial charge < -0.3 is 9.05 Å². The minimum Gasteiger partial charge on any atom is -0.322 e. The molecule has 0 aliphatic carbocycles. The second kappa shape index (κ2) is 6.96. The first-order valence-electron chi connectivity index (χ1n) is 4.07. The summed E-state index contributed by atoms with van der Waals surface area (Å²) in [7, 11) is 0. The van der Waals surface area contributed by atoms with Gasteiger partial charge in [0.1, 0.15) is 5.78 Å². The van der Waals surface area contributed by atoms with Crippen molar-refractivity contribution in [1.82, 2.24) is 0 Å². The van der Waals surface area contributed by atoms with Crippen molar-refractivity contribution in [1.29, 1.82) is 0 Å². The second-order valence-corrected chi connectivity index (χ2v) is 8.57. The van der Waals surface area contributed by atoms with Gasteiger partial charge in [0.15, 0.2) is 0 Å². The molecule has 0 aliphatic heterocycles. The normalized spacial score (nSPS) is 11.6. The van der Waals surface area contributed by atoms with Gasteiger partial charge in [0.25, 0.3) is 0 Å². The number of rotatable bonds is 7. The number of hydrogen-bond acceptors (Lipinski definition) is 5. The monoisotopic (exact) mass is 242 g/mol. The third-order valence-corrected chi connectivity index (χ3v) is 6.55. The molecule has 78 valence electrons. The fourth-order valence-corrected chi connectivity index (χ4v) is 5.00. The number of hydrogen-bond donors (Lipinski definition) is 0. The molecule has 0 spiro atoms. The molecule has 0 aromatic heterocycles. The maximum Gasteiger partial charge on any atom is 0.247 e. The summed E-state index contributed by atoms with van der Waals surface area (Å²) in [5.74, 6) is 0.468. The fourth-order valence-electron chi connectivity index (χ4n) is 0.598. The molecule has 0 aromatic rings. The lowest BCUT2D eigenvalue weighted by Gasteiger charge is -2.18. The zero-order valence-electron chi connectivity index (χ0n) is 8.11. The summed E-state index contributed by atoms with van der Waals surface area (Å²) >= 11 is 6.51. The molecule has 0 bridgehead atoms. The van der Waals surface area contributed by atoms with Crippen molar-refractivity contribution in [3.8, 4) is 0 Å². The van der Waals surface area contributed by atoms with Crippen LogP contribution in [0.3, 0.4) is 0 Å². The minimum atomic E-state index is -2.24. The maximum absolute atomic E-state index is 10.7. The molecule has 6 heteroatoms. The molecule has 0 unspecified atom stereocenters. The third kappa shape index (κ3) is 6.63. The summed E-state index contributed by atoms with van der Waals surface area (Å²) in [6.45, 7) is 6.33. The average molecular weight is 242 g/mol. The molecule has 0 fully saturated rings. The van der Waals surface area contributed by atoms with Crippen molar-refractivity contribution in [2.45, 2.75) is 20.8 Å². The molecule has 0 amide bonds. The van der Waals surface area contributed by atoms with Gasteiger partial charge in [-0.25, -0.2) is 0 Å². The Kier molecular flexibility index (Phi) is 7.27. The first-order chi connectivity index (χ1) is 6.04. The van der Waals surface area contributed by atoms with E-state index in [4.69, 9.17) is 20.9 Å². The molecule has 3 nitrogen and oxygen atoms in total. The zero-order valence-corrected chi connectivity index (χ0v) is 10.6. The van der Waals surface area contributed by atoms with E-state index in [0.717, 1.165) is 0 Å². The van der Waals surface area contributed by atoms with Gasteiger partial charge in [-0.15, -0.1) is 0 Å². The molecular weight excluding hydrogens is 227 g/mol. The molecule has 13 heavy (non-hydrogen) atoms. The first kappa shape index (κ1) is 13.6. The van der Waals surface area contributed by atoms with E-state index in [9.17, 15) is 4.79 Å². The van der Waals surface area contributed by atoms with Crippen LogP contribution in [0.4, 0.5) is 0 Å². The molecule has 0 saturated carbocycles. The number of carbonyl (C=O) groups excluding carboxylic acids is 1. The smallest absolute Gasteiger partial charge is 0.247 e. The van der Waals surface area contributed by atoms with Crippen LogP contribution in [0.5, 0.6) is 0 Å². The van der Waals surface area contributed by atoms with Gasteiger partial charge in [-0.2, -0.15) is 0 Å². The van der Waals surface area contributed by atoms with E-state index in [0.29, 0.717) is 19.0 Å². The van der Waals surface area contributed by atoms with Crippen molar-refractivity contribution in [3.05, 3.63) is 0 Å². The van der Waals surface area contributed by atoms with Gasteiger partial charge in [-0.05, 0) is 32.6 Å². The van der Waals surface area contributed by atoms with Crippen LogP contribution in [0.15, 0.2) is 0 Å². The molecule has 0 N–H and O–H groups in total. The van der Waals surface area contributed by atoms with E-state index in [1.165, 1.54) is 18.3 Å². The second-order valence-electron chi connectivity index (χ2n) is 2.26. The van der Waals surface area contributed by atoms with Crippen molar-refractivity contribution in [2.24, 2.45) is 0 Å². The molecule has 0 saturated heterocycles. The summed E-state index contributed by atoms with van der Waals surface area (Å²) in [6.07, 6.45) is 0. The molecular formula is C7H15O3PS2. The Labute approximate surface area is 88.5 Å². The SMILES string of the molecule is CCOP(=S)(OCC)SCC(C)=O. The summed E-state index contributed by atoms with van der Waals surface area (Å²) in [4.78, 5) is 10.7. The van der Waals surface area contributed by atoms with Gasteiger partial charge in [-0.1, -0.05) is 11.4 Å². The average Bonchev–Trinajstić information content (AvgIpc) is 2.02. The van der Waals surface area contributed by atoms with Crippen molar-refractivity contribution >= 4 is 34.7 Å². The van der Waals surface area contributed by atoms with Crippen molar-refractivity contribution in [2.75, 3.05) is 19.0 Å². The van der Waals surface area contributed by atoms with Gasteiger partial charge in [0.2, 0.25) is 5.69 Å². The van der Waals surface area contributed by atoms with E-state index >= 15 is 0 Å². The highest BCUT2D eigenvalue weighted by Crippen LogP contribution is 2.60. The first-order valence-corrected chi connectivity index (χ1v) is 8.30. The molecule has 0 atom stereocenters. The van der Waals surface area contributed by atoms with E-state index < -0.39 is 5.69 Å². The van der Waals surface area contributed by atoms with Crippen LogP contribution in [0.25, 0.3) is 0 Å². The maximum atomic E-state index is 10.7. The Hall–Kier alpha value is 0.590. The van der Waals surface area contributed by atoms with E-state index in [2.05, 4.69) is 0 Å². The van der Waals surface area contributed by atoms with Crippen LogP contribution in [0, 0.1) is 0 Å². The lowest BCUT2D eigenvalue weighted by molar-refractivity contribution is -0.114. The van der Waals surface area contributed by atoms with E-state index in [1.54, 1.807) is 0 Å². The number of Topliss-reactive ketones (excluding diaryl/α,β-unsaturated/α-hetero) is 1. The van der Waals surface area contributed by atoms with Crippen molar-refractivity contribution in [3.63, 3.8) is 0 Å². The van der Waals surface area contributed by atoms with Crippen LogP contribution < -0.4 is 0 Å².